The Bertz CT molecular complexity index is 550. The third-order valence-corrected chi connectivity index (χ3v) is 4.57. The second-order valence-corrected chi connectivity index (χ2v) is 7.82. The van der Waals surface area contributed by atoms with Crippen molar-refractivity contribution in [3.05, 3.63) is 46.4 Å². The molecule has 0 saturated carbocycles. The maximum Gasteiger partial charge on any atom is 0.311 e. The zero-order valence-electron chi connectivity index (χ0n) is 15.8. The number of rotatable bonds is 6. The number of aryl methyl sites for hydroxylation is 1. The predicted octanol–water partition coefficient (Wildman–Crippen LogP) is 3.73. The monoisotopic (exact) mass is 353 g/mol. The van der Waals surface area contributed by atoms with Crippen molar-refractivity contribution in [2.45, 2.75) is 47.6 Å². The van der Waals surface area contributed by atoms with Crippen LogP contribution in [-0.2, 0) is 22.6 Å². The number of ether oxygens (including phenoxy) is 1. The molecule has 136 valence electrons. The minimum absolute atomic E-state index is 0.0261. The highest BCUT2D eigenvalue weighted by Gasteiger charge is 2.28. The molecule has 3 N–H and O–H groups in total. The van der Waals surface area contributed by atoms with Crippen molar-refractivity contribution < 1.29 is 14.6 Å². The highest BCUT2D eigenvalue weighted by molar-refractivity contribution is 7.41. The quantitative estimate of drug-likeness (QED) is 0.604. The van der Waals surface area contributed by atoms with Gasteiger partial charge in [-0.1, -0.05) is 33.7 Å². The van der Waals surface area contributed by atoms with E-state index in [4.69, 9.17) is 10.5 Å². The molecule has 24 heavy (non-hydrogen) atoms. The van der Waals surface area contributed by atoms with Crippen LogP contribution in [0, 0.1) is 12.3 Å². The lowest BCUT2D eigenvalue weighted by molar-refractivity contribution is -0.150. The van der Waals surface area contributed by atoms with Gasteiger partial charge in [0.05, 0.1) is 19.1 Å². The summed E-state index contributed by atoms with van der Waals surface area (Å²) in [5.41, 5.74) is 8.75. The smallest absolute Gasteiger partial charge is 0.311 e. The van der Waals surface area contributed by atoms with Gasteiger partial charge in [0.25, 0.3) is 0 Å². The molecule has 0 saturated heterocycles. The number of hydrogen-bond acceptors (Lipinski definition) is 4. The Kier molecular flexibility index (Phi) is 10.6. The molecule has 1 aromatic rings. The van der Waals surface area contributed by atoms with Gasteiger partial charge in [-0.25, -0.2) is 0 Å². The van der Waals surface area contributed by atoms with E-state index in [-0.39, 0.29) is 12.6 Å². The van der Waals surface area contributed by atoms with Crippen LogP contribution in [0.1, 0.15) is 44.4 Å². The van der Waals surface area contributed by atoms with E-state index in [0.29, 0.717) is 6.42 Å². The maximum atomic E-state index is 11.6. The van der Waals surface area contributed by atoms with Crippen LogP contribution in [0.2, 0.25) is 0 Å². The predicted molar refractivity (Wildman–Crippen MR) is 103 cm³/mol. The van der Waals surface area contributed by atoms with Crippen molar-refractivity contribution in [3.8, 4) is 0 Å². The largest absolute Gasteiger partial charge is 0.469 e. The summed E-state index contributed by atoms with van der Waals surface area (Å²) in [4.78, 5) is 11.6. The van der Waals surface area contributed by atoms with Gasteiger partial charge < -0.3 is 15.6 Å². The van der Waals surface area contributed by atoms with E-state index in [1.807, 2.05) is 45.9 Å². The van der Waals surface area contributed by atoms with Crippen LogP contribution in [0.25, 0.3) is 0 Å². The van der Waals surface area contributed by atoms with E-state index in [9.17, 15) is 9.90 Å². The van der Waals surface area contributed by atoms with Crippen molar-refractivity contribution in [1.82, 2.24) is 0 Å². The minimum atomic E-state index is -0.545. The van der Waals surface area contributed by atoms with Crippen molar-refractivity contribution in [2.24, 2.45) is 11.1 Å². The fourth-order valence-electron chi connectivity index (χ4n) is 2.13. The maximum absolute atomic E-state index is 11.6. The van der Waals surface area contributed by atoms with E-state index in [0.717, 1.165) is 31.0 Å². The van der Waals surface area contributed by atoms with Gasteiger partial charge >= 0.3 is 5.97 Å². The minimum Gasteiger partial charge on any atom is -0.469 e. The summed E-state index contributed by atoms with van der Waals surface area (Å²) in [5, 5.41) is 9.20. The van der Waals surface area contributed by atoms with Crippen LogP contribution >= 0.6 is 8.58 Å². The Morgan fingerprint density at radius 3 is 2.46 bits per heavy atom. The first-order valence-electron chi connectivity index (χ1n) is 8.11. The topological polar surface area (TPSA) is 72.5 Å². The Morgan fingerprint density at radius 1 is 1.42 bits per heavy atom. The molecular weight excluding hydrogens is 321 g/mol. The molecule has 0 heterocycles. The lowest BCUT2D eigenvalue weighted by Gasteiger charge is -2.21. The van der Waals surface area contributed by atoms with Gasteiger partial charge in [-0.2, -0.15) is 0 Å². The lowest BCUT2D eigenvalue weighted by atomic mass is 9.85. The first-order valence-corrected chi connectivity index (χ1v) is 9.39. The molecule has 4 nitrogen and oxygen atoms in total. The van der Waals surface area contributed by atoms with Crippen LogP contribution in [0.4, 0.5) is 0 Å². The molecule has 0 amide bonds. The fraction of sp³-hybridized carbons (Fsp3) is 0.526. The van der Waals surface area contributed by atoms with Crippen LogP contribution < -0.4 is 5.73 Å². The number of aliphatic hydroxyl groups excluding tert-OH is 1. The zero-order chi connectivity index (χ0) is 18.8. The molecule has 0 fully saturated rings. The second kappa shape index (κ2) is 11.2. The number of allylic oxidation sites excluding steroid dienone is 1. The highest BCUT2D eigenvalue weighted by Crippen LogP contribution is 2.24. The van der Waals surface area contributed by atoms with Crippen molar-refractivity contribution in [3.63, 3.8) is 0 Å². The first kappa shape index (κ1) is 22.6. The number of esters is 1. The number of aliphatic hydroxyl groups is 1. The van der Waals surface area contributed by atoms with E-state index in [2.05, 4.69) is 12.7 Å². The van der Waals surface area contributed by atoms with Crippen LogP contribution in [-0.4, -0.2) is 24.3 Å². The Labute approximate surface area is 148 Å². The Balaban J connectivity index is 0.000000640. The molecule has 0 aliphatic carbocycles. The van der Waals surface area contributed by atoms with Gasteiger partial charge in [0.15, 0.2) is 0 Å². The average molecular weight is 353 g/mol. The summed E-state index contributed by atoms with van der Waals surface area (Å²) in [6, 6.07) is 5.90. The van der Waals surface area contributed by atoms with Gasteiger partial charge in [-0.05, 0) is 62.8 Å². The van der Waals surface area contributed by atoms with E-state index < -0.39 is 5.41 Å². The number of benzene rings is 1. The molecule has 1 aromatic carbocycles. The summed E-state index contributed by atoms with van der Waals surface area (Å²) < 4.78 is 4.78. The summed E-state index contributed by atoms with van der Waals surface area (Å²) in [7, 11) is 2.31. The molecular formula is C19H32NO3P. The fourth-order valence-corrected chi connectivity index (χ4v) is 2.65. The SMILES string of the molecule is CCP/C=C(/C)N.COC(=O)C(C)(C)Cc1ccc(C)c(CO)c1. The molecule has 0 aromatic heterocycles. The third-order valence-electron chi connectivity index (χ3n) is 3.50. The molecule has 0 bridgehead atoms. The summed E-state index contributed by atoms with van der Waals surface area (Å²) in [6.07, 6.45) is 1.82. The Morgan fingerprint density at radius 2 is 2.04 bits per heavy atom. The summed E-state index contributed by atoms with van der Waals surface area (Å²) in [5.74, 6) is 1.85. The lowest BCUT2D eigenvalue weighted by Crippen LogP contribution is -2.28. The van der Waals surface area contributed by atoms with Gasteiger partial charge in [0.1, 0.15) is 0 Å². The zero-order valence-corrected chi connectivity index (χ0v) is 16.8. The van der Waals surface area contributed by atoms with Gasteiger partial charge in [-0.3, -0.25) is 4.79 Å². The molecule has 0 spiro atoms. The van der Waals surface area contributed by atoms with Crippen LogP contribution in [0.5, 0.6) is 0 Å². The van der Waals surface area contributed by atoms with Crippen molar-refractivity contribution in [1.29, 1.82) is 0 Å². The molecule has 0 aliphatic rings. The van der Waals surface area contributed by atoms with E-state index in [1.165, 1.54) is 13.3 Å². The molecule has 1 rings (SSSR count). The van der Waals surface area contributed by atoms with Gasteiger partial charge in [0, 0.05) is 5.70 Å². The van der Waals surface area contributed by atoms with Crippen LogP contribution in [0.3, 0.4) is 0 Å². The van der Waals surface area contributed by atoms with Gasteiger partial charge in [0.2, 0.25) is 0 Å². The Hall–Kier alpha value is -1.38. The molecule has 0 aliphatic heterocycles. The first-order chi connectivity index (χ1) is 11.2. The number of carbonyl (C=O) groups is 1. The van der Waals surface area contributed by atoms with Crippen molar-refractivity contribution >= 4 is 14.6 Å². The number of methoxy groups -OCH3 is 1. The second-order valence-electron chi connectivity index (χ2n) is 6.42. The number of hydrogen-bond donors (Lipinski definition) is 2. The van der Waals surface area contributed by atoms with Gasteiger partial charge in [-0.15, -0.1) is 0 Å². The van der Waals surface area contributed by atoms with E-state index in [1.54, 1.807) is 0 Å². The highest BCUT2D eigenvalue weighted by atomic mass is 31.1. The van der Waals surface area contributed by atoms with Crippen molar-refractivity contribution in [2.75, 3.05) is 13.3 Å². The summed E-state index contributed by atoms with van der Waals surface area (Å²) >= 11 is 0. The molecule has 1 unspecified atom stereocenters. The molecule has 5 heteroatoms. The number of carbonyl (C=O) groups excluding carboxylic acids is 1. The molecule has 0 radical (unpaired) electrons. The number of nitrogens with two attached hydrogens (primary N) is 1. The summed E-state index contributed by atoms with van der Waals surface area (Å²) in [6.45, 7) is 9.77. The normalized spacial score (nSPS) is 12.0. The third kappa shape index (κ3) is 8.47. The van der Waals surface area contributed by atoms with Crippen LogP contribution in [0.15, 0.2) is 29.7 Å². The van der Waals surface area contributed by atoms with E-state index >= 15 is 0 Å². The molecule has 1 atom stereocenters. The standard InChI is InChI=1S/C14H20O3.C5H12NP/c1-10-5-6-11(7-12(10)9-15)8-14(2,3)13(16)17-4;1-3-7-4-5(2)6/h5-7,15H,8-9H2,1-4H3;4,7H,3,6H2,1-2H3/b;5-4-. The average Bonchev–Trinajstić information content (AvgIpc) is 2.54.